The van der Waals surface area contributed by atoms with Gasteiger partial charge in [-0.1, -0.05) is 59.0 Å². The Morgan fingerprint density at radius 3 is 2.68 bits per heavy atom. The van der Waals surface area contributed by atoms with E-state index in [4.69, 9.17) is 4.74 Å². The minimum Gasteiger partial charge on any atom is -0.508 e. The van der Waals surface area contributed by atoms with Crippen LogP contribution in [0.2, 0.25) is 0 Å². The van der Waals surface area contributed by atoms with Crippen molar-refractivity contribution in [3.05, 3.63) is 34.9 Å². The molecule has 0 saturated heterocycles. The smallest absolute Gasteiger partial charge is 0.308 e. The number of carboxylic acids is 1. The fourth-order valence-electron chi connectivity index (χ4n) is 7.12. The number of carboxylic acid groups (broad SMARTS) is 1. The quantitative estimate of drug-likeness (QED) is 0.195. The van der Waals surface area contributed by atoms with Gasteiger partial charge in [0.1, 0.15) is 17.1 Å². The fraction of sp³-hybridized carbons (Fsp3) is 0.719. The summed E-state index contributed by atoms with van der Waals surface area (Å²) in [5.41, 5.74) is 2.50. The largest absolute Gasteiger partial charge is 0.508 e. The van der Waals surface area contributed by atoms with Crippen LogP contribution in [0.3, 0.4) is 0 Å². The number of unbranched alkanes of at least 4 members (excludes halogenated alkanes) is 3. The van der Waals surface area contributed by atoms with Gasteiger partial charge in [0.05, 0.1) is 12.0 Å². The summed E-state index contributed by atoms with van der Waals surface area (Å²) in [5, 5.41) is 35.2. The number of aliphatic carboxylic acids is 1. The molecule has 1 heterocycles. The minimum absolute atomic E-state index is 0.0574. The first-order chi connectivity index (χ1) is 17.9. The number of aliphatic hydroxyl groups is 1. The van der Waals surface area contributed by atoms with E-state index in [9.17, 15) is 20.1 Å². The molecule has 0 radical (unpaired) electrons. The summed E-state index contributed by atoms with van der Waals surface area (Å²) in [6.45, 7) is 11.3. The van der Waals surface area contributed by atoms with E-state index in [-0.39, 0.29) is 29.2 Å². The van der Waals surface area contributed by atoms with Crippen LogP contribution in [0.25, 0.3) is 0 Å². The summed E-state index contributed by atoms with van der Waals surface area (Å²) >= 11 is 0. The highest BCUT2D eigenvalue weighted by molar-refractivity contribution is 5.71. The molecule has 4 rings (SSSR count). The second-order valence-electron chi connectivity index (χ2n) is 13.1. The zero-order valence-electron chi connectivity index (χ0n) is 24.1. The molecule has 0 amide bonds. The summed E-state index contributed by atoms with van der Waals surface area (Å²) in [4.78, 5) is 11.5. The second-order valence-corrected chi connectivity index (χ2v) is 13.1. The van der Waals surface area contributed by atoms with Gasteiger partial charge in [-0.3, -0.25) is 4.79 Å². The highest BCUT2D eigenvalue weighted by Crippen LogP contribution is 2.55. The predicted molar refractivity (Wildman–Crippen MR) is 151 cm³/mol. The second kappa shape index (κ2) is 11.6. The predicted octanol–water partition coefficient (Wildman–Crippen LogP) is 6.44. The van der Waals surface area contributed by atoms with E-state index in [1.54, 1.807) is 0 Å². The summed E-state index contributed by atoms with van der Waals surface area (Å²) in [7, 11) is 0. The van der Waals surface area contributed by atoms with Crippen molar-refractivity contribution in [3.63, 3.8) is 0 Å². The number of nitrogens with one attached hydrogen (secondary N) is 1. The minimum atomic E-state index is -0.755. The van der Waals surface area contributed by atoms with Crippen LogP contribution in [0.4, 0.5) is 0 Å². The lowest BCUT2D eigenvalue weighted by Crippen LogP contribution is -2.46. The number of phenols is 1. The number of benzene rings is 1. The molecule has 1 unspecified atom stereocenters. The number of hydrogen-bond donors (Lipinski definition) is 4. The van der Waals surface area contributed by atoms with E-state index < -0.39 is 17.7 Å². The fourth-order valence-corrected chi connectivity index (χ4v) is 7.12. The number of carbonyl (C=O) groups is 1. The molecule has 6 heteroatoms. The number of aliphatic hydroxyl groups excluding tert-OH is 1. The standard InChI is InChI=1S/C32H49NO5/c1-6-7-8-9-15-31(2,3)21-17-26(34)29-23-16-20(13-14-24(23)32(4,5)38-28(29)18-21)27(35)19-33-25-12-10-11-22(25)30(36)37/h13,17-18,22-25,27,33-35H,6-12,14-16,19H2,1-5H3,(H,36,37)/t22-,23-,24-,25+,27?/m1/s1. The van der Waals surface area contributed by atoms with Crippen LogP contribution < -0.4 is 10.1 Å². The molecule has 1 aromatic rings. The van der Waals surface area contributed by atoms with Crippen molar-refractivity contribution in [2.75, 3.05) is 6.54 Å². The molecule has 0 bridgehead atoms. The van der Waals surface area contributed by atoms with Crippen LogP contribution in [0.1, 0.15) is 116 Å². The highest BCUT2D eigenvalue weighted by atomic mass is 16.5. The SMILES string of the molecule is CCCCCCC(C)(C)c1cc(O)c2c(c1)OC(C)(C)[C@@H]1CC=C(C(O)CN[C@H]3CCC[C@H]3C(=O)O)C[C@@H]21. The molecule has 4 N–H and O–H groups in total. The molecule has 212 valence electrons. The van der Waals surface area contributed by atoms with Crippen molar-refractivity contribution in [2.45, 2.75) is 128 Å². The Hall–Kier alpha value is -2.05. The molecule has 2 aliphatic carbocycles. The third-order valence-electron chi connectivity index (χ3n) is 9.60. The molecule has 1 aliphatic heterocycles. The average molecular weight is 528 g/mol. The maximum atomic E-state index is 11.5. The van der Waals surface area contributed by atoms with Gasteiger partial charge in [0.15, 0.2) is 0 Å². The first kappa shape index (κ1) is 28.9. The molecule has 0 spiro atoms. The molecule has 3 aliphatic rings. The molecule has 0 aromatic heterocycles. The van der Waals surface area contributed by atoms with E-state index in [2.05, 4.69) is 52.1 Å². The lowest BCUT2D eigenvalue weighted by molar-refractivity contribution is -0.142. The van der Waals surface area contributed by atoms with Gasteiger partial charge in [-0.2, -0.15) is 0 Å². The van der Waals surface area contributed by atoms with Crippen molar-refractivity contribution in [1.29, 1.82) is 0 Å². The van der Waals surface area contributed by atoms with E-state index in [1.807, 2.05) is 6.07 Å². The molecule has 1 fully saturated rings. The van der Waals surface area contributed by atoms with Crippen LogP contribution >= 0.6 is 0 Å². The Bertz CT molecular complexity index is 1030. The number of fused-ring (bicyclic) bond motifs is 3. The zero-order valence-corrected chi connectivity index (χ0v) is 24.1. The van der Waals surface area contributed by atoms with Crippen molar-refractivity contribution in [1.82, 2.24) is 5.32 Å². The number of hydrogen-bond acceptors (Lipinski definition) is 5. The summed E-state index contributed by atoms with van der Waals surface area (Å²) in [5.74, 6) is 0.199. The van der Waals surface area contributed by atoms with Gasteiger partial charge in [-0.05, 0) is 74.6 Å². The molecular formula is C32H49NO5. The van der Waals surface area contributed by atoms with Gasteiger partial charge in [-0.15, -0.1) is 0 Å². The van der Waals surface area contributed by atoms with Gasteiger partial charge < -0.3 is 25.4 Å². The Morgan fingerprint density at radius 1 is 1.21 bits per heavy atom. The van der Waals surface area contributed by atoms with E-state index in [1.165, 1.54) is 25.7 Å². The number of aromatic hydroxyl groups is 1. The van der Waals surface area contributed by atoms with Crippen LogP contribution in [0.15, 0.2) is 23.8 Å². The molecule has 38 heavy (non-hydrogen) atoms. The van der Waals surface area contributed by atoms with E-state index in [0.29, 0.717) is 25.1 Å². The Kier molecular flexibility index (Phi) is 8.83. The van der Waals surface area contributed by atoms with Crippen LogP contribution in [0, 0.1) is 11.8 Å². The van der Waals surface area contributed by atoms with E-state index in [0.717, 1.165) is 48.1 Å². The van der Waals surface area contributed by atoms with Gasteiger partial charge in [0.2, 0.25) is 0 Å². The summed E-state index contributed by atoms with van der Waals surface area (Å²) < 4.78 is 6.57. The van der Waals surface area contributed by atoms with Crippen LogP contribution in [0.5, 0.6) is 11.5 Å². The van der Waals surface area contributed by atoms with E-state index >= 15 is 0 Å². The topological polar surface area (TPSA) is 99.0 Å². The first-order valence-electron chi connectivity index (χ1n) is 14.8. The normalized spacial score (nSPS) is 27.2. The monoisotopic (exact) mass is 527 g/mol. The first-order valence-corrected chi connectivity index (χ1v) is 14.8. The van der Waals surface area contributed by atoms with Crippen LogP contribution in [-0.4, -0.2) is 45.6 Å². The Morgan fingerprint density at radius 2 is 1.97 bits per heavy atom. The van der Waals surface area contributed by atoms with Gasteiger partial charge in [-0.25, -0.2) is 0 Å². The van der Waals surface area contributed by atoms with Crippen molar-refractivity contribution in [2.24, 2.45) is 11.8 Å². The molecule has 5 atom stereocenters. The van der Waals surface area contributed by atoms with Crippen molar-refractivity contribution in [3.8, 4) is 11.5 Å². The van der Waals surface area contributed by atoms with Gasteiger partial charge >= 0.3 is 5.97 Å². The van der Waals surface area contributed by atoms with Gasteiger partial charge in [0.25, 0.3) is 0 Å². The molecule has 1 aromatic carbocycles. The average Bonchev–Trinajstić information content (AvgIpc) is 3.33. The highest BCUT2D eigenvalue weighted by Gasteiger charge is 2.47. The van der Waals surface area contributed by atoms with Crippen LogP contribution in [-0.2, 0) is 10.2 Å². The summed E-state index contributed by atoms with van der Waals surface area (Å²) in [6, 6.07) is 4.00. The molecule has 1 saturated carbocycles. The maximum Gasteiger partial charge on any atom is 0.308 e. The maximum absolute atomic E-state index is 11.5. The number of ether oxygens (including phenoxy) is 1. The number of rotatable bonds is 11. The molecule has 6 nitrogen and oxygen atoms in total. The molecular weight excluding hydrogens is 478 g/mol. The lowest BCUT2D eigenvalue weighted by Gasteiger charge is -2.48. The third-order valence-corrected chi connectivity index (χ3v) is 9.60. The zero-order chi connectivity index (χ0) is 27.7. The Balaban J connectivity index is 1.51. The van der Waals surface area contributed by atoms with Crippen molar-refractivity contribution < 1.29 is 24.9 Å². The van der Waals surface area contributed by atoms with Crippen molar-refractivity contribution >= 4 is 5.97 Å². The Labute approximate surface area is 228 Å². The van der Waals surface area contributed by atoms with Gasteiger partial charge in [0, 0.05) is 30.0 Å². The third kappa shape index (κ3) is 6.07. The summed E-state index contributed by atoms with van der Waals surface area (Å²) in [6.07, 6.45) is 11.3. The number of allylic oxidation sites excluding steroid dienone is 1. The lowest BCUT2D eigenvalue weighted by atomic mass is 9.66. The number of phenolic OH excluding ortho intramolecular Hbond substituents is 1.